The molecule has 0 spiro atoms. The minimum atomic E-state index is -0.523. The first kappa shape index (κ1) is 22.6. The largest absolute Gasteiger partial charge is 0.390 e. The zero-order chi connectivity index (χ0) is 22.5. The first-order valence-corrected chi connectivity index (χ1v) is 11.7. The Morgan fingerprint density at radius 2 is 1.78 bits per heavy atom. The van der Waals surface area contributed by atoms with Gasteiger partial charge in [-0.1, -0.05) is 61.2 Å². The predicted octanol–water partition coefficient (Wildman–Crippen LogP) is 5.32. The molecule has 4 rings (SSSR count). The Labute approximate surface area is 189 Å². The van der Waals surface area contributed by atoms with E-state index < -0.39 is 6.10 Å². The van der Waals surface area contributed by atoms with Crippen molar-refractivity contribution in [1.29, 1.82) is 0 Å². The summed E-state index contributed by atoms with van der Waals surface area (Å²) in [6.45, 7) is 5.93. The van der Waals surface area contributed by atoms with Crippen molar-refractivity contribution in [3.63, 3.8) is 0 Å². The van der Waals surface area contributed by atoms with Crippen LogP contribution in [0, 0.1) is 12.7 Å². The molecule has 0 aliphatic carbocycles. The van der Waals surface area contributed by atoms with Gasteiger partial charge in [0.25, 0.3) is 0 Å². The lowest BCUT2D eigenvalue weighted by Crippen LogP contribution is -2.46. The van der Waals surface area contributed by atoms with E-state index in [0.29, 0.717) is 12.2 Å². The number of benzene rings is 2. The highest BCUT2D eigenvalue weighted by molar-refractivity contribution is 5.57. The number of aryl methyl sites for hydroxylation is 1. The van der Waals surface area contributed by atoms with E-state index in [1.807, 2.05) is 6.20 Å². The quantitative estimate of drug-likeness (QED) is 0.486. The minimum absolute atomic E-state index is 0.158. The molecule has 0 saturated carbocycles. The molecule has 2 aromatic carbocycles. The maximum Gasteiger partial charge on any atom is 0.123 e. The van der Waals surface area contributed by atoms with Crippen LogP contribution < -0.4 is 0 Å². The topological polar surface area (TPSA) is 54.2 Å². The molecule has 1 aliphatic heterocycles. The number of aliphatic hydroxyl groups excluding tert-OH is 1. The summed E-state index contributed by atoms with van der Waals surface area (Å²) >= 11 is 0. The van der Waals surface area contributed by atoms with Crippen LogP contribution in [0.1, 0.15) is 62.2 Å². The van der Waals surface area contributed by atoms with Crippen LogP contribution in [0.3, 0.4) is 0 Å². The number of unbranched alkanes of at least 4 members (excludes halogenated alkanes) is 3. The van der Waals surface area contributed by atoms with E-state index in [2.05, 4.69) is 53.3 Å². The van der Waals surface area contributed by atoms with Gasteiger partial charge in [0.15, 0.2) is 0 Å². The summed E-state index contributed by atoms with van der Waals surface area (Å²) in [4.78, 5) is 2.43. The number of aromatic nitrogens is 3. The lowest BCUT2D eigenvalue weighted by atomic mass is 9.89. The maximum absolute atomic E-state index is 13.3. The van der Waals surface area contributed by atoms with E-state index in [9.17, 15) is 9.50 Å². The van der Waals surface area contributed by atoms with Gasteiger partial charge >= 0.3 is 0 Å². The van der Waals surface area contributed by atoms with E-state index in [1.54, 1.807) is 16.8 Å². The van der Waals surface area contributed by atoms with Crippen molar-refractivity contribution in [1.82, 2.24) is 19.9 Å². The summed E-state index contributed by atoms with van der Waals surface area (Å²) in [5.41, 5.74) is 4.03. The van der Waals surface area contributed by atoms with Crippen LogP contribution in [0.15, 0.2) is 54.7 Å². The van der Waals surface area contributed by atoms with E-state index in [1.165, 1.54) is 42.5 Å². The fraction of sp³-hybridized carbons (Fsp3) is 0.462. The number of piperidine rings is 1. The number of halogens is 1. The van der Waals surface area contributed by atoms with Gasteiger partial charge in [-0.2, -0.15) is 0 Å². The van der Waals surface area contributed by atoms with Crippen LogP contribution in [0.4, 0.5) is 4.39 Å². The van der Waals surface area contributed by atoms with Gasteiger partial charge in [-0.15, -0.1) is 5.10 Å². The number of hydrogen-bond acceptors (Lipinski definition) is 4. The molecule has 1 fully saturated rings. The highest BCUT2D eigenvalue weighted by Crippen LogP contribution is 2.37. The fourth-order valence-corrected chi connectivity index (χ4v) is 4.62. The third-order valence-corrected chi connectivity index (χ3v) is 6.52. The molecule has 1 aromatic heterocycles. The van der Waals surface area contributed by atoms with Crippen molar-refractivity contribution in [2.24, 2.45) is 0 Å². The molecule has 0 amide bonds. The van der Waals surface area contributed by atoms with E-state index >= 15 is 0 Å². The van der Waals surface area contributed by atoms with Crippen LogP contribution in [0.5, 0.6) is 0 Å². The lowest BCUT2D eigenvalue weighted by Gasteiger charge is -2.42. The van der Waals surface area contributed by atoms with Gasteiger partial charge in [0.2, 0.25) is 0 Å². The molecular formula is C26H33FN4O. The van der Waals surface area contributed by atoms with Crippen molar-refractivity contribution >= 4 is 0 Å². The second-order valence-corrected chi connectivity index (χ2v) is 8.94. The first-order chi connectivity index (χ1) is 15.5. The molecule has 1 N–H and O–H groups in total. The highest BCUT2D eigenvalue weighted by atomic mass is 19.1. The van der Waals surface area contributed by atoms with Gasteiger partial charge in [-0.05, 0) is 56.1 Å². The second-order valence-electron chi connectivity index (χ2n) is 8.94. The molecule has 5 nitrogen and oxygen atoms in total. The van der Waals surface area contributed by atoms with Crippen LogP contribution in [0.25, 0.3) is 11.3 Å². The van der Waals surface area contributed by atoms with Gasteiger partial charge in [-0.25, -0.2) is 9.07 Å². The number of nitrogens with zero attached hydrogens (tertiary/aromatic N) is 4. The Morgan fingerprint density at radius 1 is 1.03 bits per heavy atom. The van der Waals surface area contributed by atoms with E-state index in [-0.39, 0.29) is 17.9 Å². The zero-order valence-corrected chi connectivity index (χ0v) is 19.0. The van der Waals surface area contributed by atoms with Gasteiger partial charge in [0, 0.05) is 18.2 Å². The number of aliphatic hydroxyl groups is 1. The SMILES string of the molecule is CCCCCCN1C[C@@H](O)[C@H](n2cc(-c3ccc(F)cc3)nn2)C[C@H]1c1ccc(C)cc1. The summed E-state index contributed by atoms with van der Waals surface area (Å²) < 4.78 is 15.1. The Bertz CT molecular complexity index is 986. The first-order valence-electron chi connectivity index (χ1n) is 11.7. The molecule has 170 valence electrons. The van der Waals surface area contributed by atoms with E-state index in [0.717, 1.165) is 24.9 Å². The minimum Gasteiger partial charge on any atom is -0.390 e. The Morgan fingerprint density at radius 3 is 2.50 bits per heavy atom. The monoisotopic (exact) mass is 436 g/mol. The molecular weight excluding hydrogens is 403 g/mol. The third kappa shape index (κ3) is 5.25. The van der Waals surface area contributed by atoms with Gasteiger partial charge < -0.3 is 5.11 Å². The summed E-state index contributed by atoms with van der Waals surface area (Å²) in [5.74, 6) is -0.274. The predicted molar refractivity (Wildman–Crippen MR) is 125 cm³/mol. The van der Waals surface area contributed by atoms with E-state index in [4.69, 9.17) is 0 Å². The van der Waals surface area contributed by atoms with Gasteiger partial charge in [-0.3, -0.25) is 4.90 Å². The Hall–Kier alpha value is -2.57. The Kier molecular flexibility index (Phi) is 7.33. The molecule has 3 atom stereocenters. The van der Waals surface area contributed by atoms with Crippen LogP contribution >= 0.6 is 0 Å². The summed E-state index contributed by atoms with van der Waals surface area (Å²) in [6, 6.07) is 15.1. The second kappa shape index (κ2) is 10.4. The molecule has 0 radical (unpaired) electrons. The van der Waals surface area contributed by atoms with Crippen molar-refractivity contribution in [2.45, 2.75) is 64.1 Å². The summed E-state index contributed by atoms with van der Waals surface area (Å²) in [5, 5.41) is 19.7. The molecule has 32 heavy (non-hydrogen) atoms. The number of β-amino-alcohol motifs (C(OH)–C–C–N with tert-alkyl or cyclic N) is 1. The number of rotatable bonds is 8. The highest BCUT2D eigenvalue weighted by Gasteiger charge is 2.36. The summed E-state index contributed by atoms with van der Waals surface area (Å²) in [6.07, 6.45) is 6.94. The zero-order valence-electron chi connectivity index (χ0n) is 19.0. The third-order valence-electron chi connectivity index (χ3n) is 6.52. The lowest BCUT2D eigenvalue weighted by molar-refractivity contribution is -0.0102. The number of likely N-dealkylation sites (tertiary alicyclic amines) is 1. The Balaban J connectivity index is 1.55. The van der Waals surface area contributed by atoms with Crippen LogP contribution in [-0.4, -0.2) is 44.2 Å². The fourth-order valence-electron chi connectivity index (χ4n) is 4.62. The molecule has 1 saturated heterocycles. The van der Waals surface area contributed by atoms with Crippen molar-refractivity contribution in [3.05, 3.63) is 71.7 Å². The maximum atomic E-state index is 13.3. The van der Waals surface area contributed by atoms with Gasteiger partial charge in [0.1, 0.15) is 11.5 Å². The van der Waals surface area contributed by atoms with Crippen molar-refractivity contribution < 1.29 is 9.50 Å². The van der Waals surface area contributed by atoms with Crippen molar-refractivity contribution in [2.75, 3.05) is 13.1 Å². The molecule has 1 aliphatic rings. The van der Waals surface area contributed by atoms with Crippen LogP contribution in [-0.2, 0) is 0 Å². The van der Waals surface area contributed by atoms with Crippen LogP contribution in [0.2, 0.25) is 0 Å². The normalized spacial score (nSPS) is 21.7. The standard InChI is InChI=1S/C26H33FN4O/c1-3-4-5-6-15-30-18-26(32)25(16-24(30)21-9-7-19(2)8-10-21)31-17-23(28-29-31)20-11-13-22(27)14-12-20/h7-14,17,24-26,32H,3-6,15-16,18H2,1-2H3/t24-,25+,26+/m0/s1. The smallest absolute Gasteiger partial charge is 0.123 e. The summed E-state index contributed by atoms with van der Waals surface area (Å²) in [7, 11) is 0. The number of hydrogen-bond donors (Lipinski definition) is 1. The molecule has 6 heteroatoms. The molecule has 2 heterocycles. The molecule has 0 bridgehead atoms. The molecule has 3 aromatic rings. The average Bonchev–Trinajstić information content (AvgIpc) is 3.28. The molecule has 0 unspecified atom stereocenters. The van der Waals surface area contributed by atoms with Crippen molar-refractivity contribution in [3.8, 4) is 11.3 Å². The average molecular weight is 437 g/mol. The van der Waals surface area contributed by atoms with Gasteiger partial charge in [0.05, 0.1) is 18.3 Å².